The molecule has 0 aromatic carbocycles. The maximum atomic E-state index is 10.5. The largest absolute Gasteiger partial charge is 0.481 e. The second-order valence-electron chi connectivity index (χ2n) is 3.13. The first-order chi connectivity index (χ1) is 7.27. The minimum atomic E-state index is -0.790. The van der Waals surface area contributed by atoms with Crippen LogP contribution in [0.25, 0.3) is 10.4 Å². The molecule has 0 radical (unpaired) electrons. The maximum Gasteiger partial charge on any atom is 0.303 e. The van der Waals surface area contributed by atoms with Crippen LogP contribution in [0.2, 0.25) is 0 Å². The molecule has 0 aliphatic carbocycles. The van der Waals surface area contributed by atoms with Crippen LogP contribution in [-0.2, 0) is 11.2 Å². The van der Waals surface area contributed by atoms with Gasteiger partial charge >= 0.3 is 5.97 Å². The molecule has 0 amide bonds. The highest BCUT2D eigenvalue weighted by Crippen LogP contribution is 2.27. The van der Waals surface area contributed by atoms with Crippen molar-refractivity contribution in [3.8, 4) is 10.4 Å². The number of aromatic nitrogens is 2. The summed E-state index contributed by atoms with van der Waals surface area (Å²) >= 11 is 1.62. The van der Waals surface area contributed by atoms with Crippen LogP contribution in [0.15, 0.2) is 23.7 Å². The van der Waals surface area contributed by atoms with Crippen LogP contribution in [0.1, 0.15) is 12.1 Å². The zero-order valence-electron chi connectivity index (χ0n) is 7.93. The molecule has 0 saturated carbocycles. The van der Waals surface area contributed by atoms with Gasteiger partial charge in [0.1, 0.15) is 0 Å². The summed E-state index contributed by atoms with van der Waals surface area (Å²) in [5, 5.41) is 17.4. The molecule has 0 spiro atoms. The highest BCUT2D eigenvalue weighted by atomic mass is 32.1. The minimum absolute atomic E-state index is 0.126. The van der Waals surface area contributed by atoms with Gasteiger partial charge in [-0.25, -0.2) is 0 Å². The number of rotatable bonds is 4. The van der Waals surface area contributed by atoms with Crippen LogP contribution in [0.5, 0.6) is 0 Å². The number of carbonyl (C=O) groups is 1. The van der Waals surface area contributed by atoms with Gasteiger partial charge in [0.05, 0.1) is 12.6 Å². The summed E-state index contributed by atoms with van der Waals surface area (Å²) in [4.78, 5) is 11.6. The Kier molecular flexibility index (Phi) is 2.82. The monoisotopic (exact) mass is 222 g/mol. The standard InChI is InChI=1S/C10H10N2O2S/c13-10(14)4-3-8-7(6-11-12-8)9-2-1-5-15-9/h1-2,5-6H,3-4H2,(H,11,12)(H,13,14). The summed E-state index contributed by atoms with van der Waals surface area (Å²) in [7, 11) is 0. The van der Waals surface area contributed by atoms with Gasteiger partial charge in [0.2, 0.25) is 0 Å². The molecule has 5 heteroatoms. The minimum Gasteiger partial charge on any atom is -0.481 e. The molecule has 0 aliphatic heterocycles. The first kappa shape index (κ1) is 9.92. The van der Waals surface area contributed by atoms with Crippen LogP contribution >= 0.6 is 11.3 Å². The van der Waals surface area contributed by atoms with Gasteiger partial charge in [-0.05, 0) is 11.4 Å². The van der Waals surface area contributed by atoms with E-state index in [4.69, 9.17) is 5.11 Å². The molecule has 2 aromatic rings. The molecule has 0 atom stereocenters. The average Bonchev–Trinajstić information content (AvgIpc) is 2.85. The molecular formula is C10H10N2O2S. The van der Waals surface area contributed by atoms with Crippen LogP contribution < -0.4 is 0 Å². The highest BCUT2D eigenvalue weighted by Gasteiger charge is 2.09. The lowest BCUT2D eigenvalue weighted by molar-refractivity contribution is -0.136. The van der Waals surface area contributed by atoms with Crippen molar-refractivity contribution in [3.05, 3.63) is 29.4 Å². The van der Waals surface area contributed by atoms with Gasteiger partial charge in [-0.1, -0.05) is 6.07 Å². The lowest BCUT2D eigenvalue weighted by Crippen LogP contribution is -1.98. The van der Waals surface area contributed by atoms with Crippen molar-refractivity contribution in [2.24, 2.45) is 0 Å². The third kappa shape index (κ3) is 2.24. The number of nitrogens with zero attached hydrogens (tertiary/aromatic N) is 1. The van der Waals surface area contributed by atoms with Crippen molar-refractivity contribution in [2.45, 2.75) is 12.8 Å². The number of H-pyrrole nitrogens is 1. The number of carboxylic acids is 1. The molecule has 2 N–H and O–H groups in total. The van der Waals surface area contributed by atoms with Crippen molar-refractivity contribution in [2.75, 3.05) is 0 Å². The van der Waals surface area contributed by atoms with Gasteiger partial charge < -0.3 is 5.11 Å². The van der Waals surface area contributed by atoms with Crippen LogP contribution in [0.4, 0.5) is 0 Å². The van der Waals surface area contributed by atoms with E-state index in [0.29, 0.717) is 6.42 Å². The van der Waals surface area contributed by atoms with Crippen LogP contribution in [0, 0.1) is 0 Å². The Morgan fingerprint density at radius 1 is 1.60 bits per heavy atom. The Morgan fingerprint density at radius 2 is 2.47 bits per heavy atom. The highest BCUT2D eigenvalue weighted by molar-refractivity contribution is 7.13. The summed E-state index contributed by atoms with van der Waals surface area (Å²) in [6, 6.07) is 3.97. The molecule has 0 fully saturated rings. The Bertz CT molecular complexity index is 448. The van der Waals surface area contributed by atoms with E-state index in [2.05, 4.69) is 10.2 Å². The fraction of sp³-hybridized carbons (Fsp3) is 0.200. The number of aliphatic carboxylic acids is 1. The molecule has 15 heavy (non-hydrogen) atoms. The fourth-order valence-corrected chi connectivity index (χ4v) is 2.14. The summed E-state index contributed by atoms with van der Waals surface area (Å²) < 4.78 is 0. The second-order valence-corrected chi connectivity index (χ2v) is 4.08. The number of thiophene rings is 1. The van der Waals surface area contributed by atoms with Crippen molar-refractivity contribution < 1.29 is 9.90 Å². The maximum absolute atomic E-state index is 10.5. The number of hydrogen-bond donors (Lipinski definition) is 2. The molecule has 4 nitrogen and oxygen atoms in total. The quantitative estimate of drug-likeness (QED) is 0.833. The molecule has 2 aromatic heterocycles. The first-order valence-corrected chi connectivity index (χ1v) is 5.43. The summed E-state index contributed by atoms with van der Waals surface area (Å²) in [5.41, 5.74) is 1.89. The Balaban J connectivity index is 2.19. The van der Waals surface area contributed by atoms with E-state index < -0.39 is 5.97 Å². The van der Waals surface area contributed by atoms with E-state index in [1.807, 2.05) is 17.5 Å². The SMILES string of the molecule is O=C(O)CCc1[nH]ncc1-c1cccs1. The zero-order valence-corrected chi connectivity index (χ0v) is 8.75. The second kappa shape index (κ2) is 4.27. The number of nitrogens with one attached hydrogen (secondary N) is 1. The van der Waals surface area contributed by atoms with Crippen molar-refractivity contribution >= 4 is 17.3 Å². The normalized spacial score (nSPS) is 10.4. The van der Waals surface area contributed by atoms with E-state index in [1.54, 1.807) is 17.5 Å². The predicted octanol–water partition coefficient (Wildman–Crippen LogP) is 2.16. The molecule has 0 saturated heterocycles. The molecule has 2 rings (SSSR count). The lowest BCUT2D eigenvalue weighted by atomic mass is 10.1. The van der Waals surface area contributed by atoms with Gasteiger partial charge in [0.15, 0.2) is 0 Å². The third-order valence-electron chi connectivity index (χ3n) is 2.09. The molecular weight excluding hydrogens is 212 g/mol. The van der Waals surface area contributed by atoms with E-state index in [1.165, 1.54) is 0 Å². The molecule has 0 unspecified atom stereocenters. The molecule has 2 heterocycles. The van der Waals surface area contributed by atoms with Gasteiger partial charge in [-0.15, -0.1) is 11.3 Å². The lowest BCUT2D eigenvalue weighted by Gasteiger charge is -1.98. The van der Waals surface area contributed by atoms with Crippen molar-refractivity contribution in [1.82, 2.24) is 10.2 Å². The number of hydrogen-bond acceptors (Lipinski definition) is 3. The first-order valence-electron chi connectivity index (χ1n) is 4.55. The Morgan fingerprint density at radius 3 is 3.13 bits per heavy atom. The zero-order chi connectivity index (χ0) is 10.7. The predicted molar refractivity (Wildman–Crippen MR) is 57.9 cm³/mol. The topological polar surface area (TPSA) is 66.0 Å². The smallest absolute Gasteiger partial charge is 0.303 e. The van der Waals surface area contributed by atoms with Gasteiger partial charge in [-0.2, -0.15) is 5.10 Å². The number of aryl methyl sites for hydroxylation is 1. The van der Waals surface area contributed by atoms with E-state index in [9.17, 15) is 4.79 Å². The Hall–Kier alpha value is -1.62. The summed E-state index contributed by atoms with van der Waals surface area (Å²) in [5.74, 6) is -0.790. The van der Waals surface area contributed by atoms with Crippen LogP contribution in [-0.4, -0.2) is 21.3 Å². The van der Waals surface area contributed by atoms with Crippen LogP contribution in [0.3, 0.4) is 0 Å². The molecule has 0 aliphatic rings. The summed E-state index contributed by atoms with van der Waals surface area (Å²) in [6.07, 6.45) is 2.35. The fourth-order valence-electron chi connectivity index (χ4n) is 1.38. The number of aromatic amines is 1. The molecule has 0 bridgehead atoms. The summed E-state index contributed by atoms with van der Waals surface area (Å²) in [6.45, 7) is 0. The van der Waals surface area contributed by atoms with E-state index in [0.717, 1.165) is 16.1 Å². The van der Waals surface area contributed by atoms with E-state index in [-0.39, 0.29) is 6.42 Å². The number of carboxylic acid groups (broad SMARTS) is 1. The average molecular weight is 222 g/mol. The van der Waals surface area contributed by atoms with Gasteiger partial charge in [0, 0.05) is 22.6 Å². The van der Waals surface area contributed by atoms with Crippen molar-refractivity contribution in [1.29, 1.82) is 0 Å². The Labute approximate surface area is 90.6 Å². The molecule has 78 valence electrons. The van der Waals surface area contributed by atoms with Gasteiger partial charge in [0.25, 0.3) is 0 Å². The van der Waals surface area contributed by atoms with Crippen molar-refractivity contribution in [3.63, 3.8) is 0 Å². The van der Waals surface area contributed by atoms with Gasteiger partial charge in [-0.3, -0.25) is 9.89 Å². The van der Waals surface area contributed by atoms with E-state index >= 15 is 0 Å². The third-order valence-corrected chi connectivity index (χ3v) is 3.00.